The van der Waals surface area contributed by atoms with Gasteiger partial charge in [0.15, 0.2) is 0 Å². The van der Waals surface area contributed by atoms with Crippen molar-refractivity contribution in [1.29, 1.82) is 0 Å². The molecule has 0 aromatic heterocycles. The molecule has 13 nitrogen and oxygen atoms in total. The molecule has 0 radical (unpaired) electrons. The van der Waals surface area contributed by atoms with Crippen molar-refractivity contribution in [3.05, 3.63) is 23.8 Å². The number of amides is 3. The second-order valence-corrected chi connectivity index (χ2v) is 12.5. The molecule has 0 saturated carbocycles. The van der Waals surface area contributed by atoms with Crippen LogP contribution in [0.15, 0.2) is 18.2 Å². The minimum absolute atomic E-state index is 0.0283. The molecule has 3 rings (SSSR count). The third-order valence-corrected chi connectivity index (χ3v) is 7.35. The van der Waals surface area contributed by atoms with Crippen LogP contribution in [0, 0.1) is 10.8 Å². The number of hydroxylamine groups is 2. The van der Waals surface area contributed by atoms with E-state index < -0.39 is 51.2 Å². The molecule has 2 unspecified atom stereocenters. The molecule has 2 N–H and O–H groups in total. The highest BCUT2D eigenvalue weighted by Gasteiger charge is 2.49. The third kappa shape index (κ3) is 7.31. The number of piperidine rings is 1. The monoisotopic (exact) mass is 571 g/mol. The van der Waals surface area contributed by atoms with E-state index in [-0.39, 0.29) is 25.3 Å². The predicted octanol–water partition coefficient (Wildman–Crippen LogP) is 2.25. The molecule has 3 amide bonds. The van der Waals surface area contributed by atoms with Crippen LogP contribution in [-0.4, -0.2) is 82.4 Å². The van der Waals surface area contributed by atoms with Gasteiger partial charge in [-0.3, -0.25) is 4.79 Å². The van der Waals surface area contributed by atoms with Gasteiger partial charge in [0, 0.05) is 6.54 Å². The first-order chi connectivity index (χ1) is 18.1. The number of carbonyl (C=O) groups is 3. The molecule has 218 valence electrons. The maximum Gasteiger partial charge on any atom is 0.421 e. The summed E-state index contributed by atoms with van der Waals surface area (Å²) in [5, 5.41) is 0.737. The average molecular weight is 572 g/mol. The topological polar surface area (TPSA) is 164 Å². The number of urea groups is 1. The van der Waals surface area contributed by atoms with Crippen molar-refractivity contribution in [2.75, 3.05) is 34.0 Å². The lowest BCUT2D eigenvalue weighted by Crippen LogP contribution is -2.47. The number of benzene rings is 1. The summed E-state index contributed by atoms with van der Waals surface area (Å²) >= 11 is 0. The number of hydrogen-bond donors (Lipinski definition) is 1. The molecule has 14 heteroatoms. The SMILES string of the molecule is COc1cccc(OC)c1C(=O)OCC(C)(C)CC(C)(C)COS(=O)(=O)ON1C(=O)N2CC1CCC2C(N)=O. The van der Waals surface area contributed by atoms with Gasteiger partial charge in [0.05, 0.1) is 33.5 Å². The molecule has 1 aromatic rings. The highest BCUT2D eigenvalue weighted by molar-refractivity contribution is 7.81. The molecule has 0 aliphatic carbocycles. The molecule has 0 spiro atoms. The third-order valence-electron chi connectivity index (χ3n) is 6.60. The number of primary amides is 1. The minimum Gasteiger partial charge on any atom is -0.496 e. The molecule has 2 aliphatic rings. The highest BCUT2D eigenvalue weighted by Crippen LogP contribution is 2.36. The number of ether oxygens (including phenoxy) is 3. The Morgan fingerprint density at radius 1 is 1.03 bits per heavy atom. The summed E-state index contributed by atoms with van der Waals surface area (Å²) in [7, 11) is -1.71. The second-order valence-electron chi connectivity index (χ2n) is 11.3. The van der Waals surface area contributed by atoms with Crippen molar-refractivity contribution in [3.63, 3.8) is 0 Å². The molecule has 39 heavy (non-hydrogen) atoms. The van der Waals surface area contributed by atoms with Crippen molar-refractivity contribution in [2.45, 2.75) is 59.0 Å². The van der Waals surface area contributed by atoms with Crippen LogP contribution in [0.3, 0.4) is 0 Å². The van der Waals surface area contributed by atoms with Crippen LogP contribution in [0.25, 0.3) is 0 Å². The quantitative estimate of drug-likeness (QED) is 0.347. The van der Waals surface area contributed by atoms with Crippen LogP contribution in [0.5, 0.6) is 11.5 Å². The number of esters is 1. The Bertz CT molecular complexity index is 1180. The van der Waals surface area contributed by atoms with E-state index in [2.05, 4.69) is 0 Å². The summed E-state index contributed by atoms with van der Waals surface area (Å²) < 4.78 is 51.4. The van der Waals surface area contributed by atoms with Crippen LogP contribution in [0.1, 0.15) is 57.3 Å². The number of nitrogens with zero attached hydrogens (tertiary/aromatic N) is 2. The van der Waals surface area contributed by atoms with Crippen molar-refractivity contribution in [1.82, 2.24) is 9.96 Å². The smallest absolute Gasteiger partial charge is 0.421 e. The molecule has 2 aliphatic heterocycles. The van der Waals surface area contributed by atoms with E-state index in [1.807, 2.05) is 13.8 Å². The summed E-state index contributed by atoms with van der Waals surface area (Å²) in [6.45, 7) is 7.26. The summed E-state index contributed by atoms with van der Waals surface area (Å²) in [6.07, 6.45) is 1.10. The molecule has 2 bridgehead atoms. The van der Waals surface area contributed by atoms with Gasteiger partial charge in [-0.1, -0.05) is 33.8 Å². The van der Waals surface area contributed by atoms with E-state index in [9.17, 15) is 22.8 Å². The minimum atomic E-state index is -4.59. The first kappa shape index (κ1) is 30.4. The Kier molecular flexibility index (Phi) is 9.02. The molecular formula is C25H37N3O10S. The lowest BCUT2D eigenvalue weighted by atomic mass is 9.76. The number of carbonyl (C=O) groups excluding carboxylic acids is 3. The van der Waals surface area contributed by atoms with Crippen LogP contribution in [-0.2, 0) is 28.4 Å². The average Bonchev–Trinajstić information content (AvgIpc) is 3.08. The summed E-state index contributed by atoms with van der Waals surface area (Å²) in [4.78, 5) is 38.3. The zero-order chi connectivity index (χ0) is 29.2. The Hall–Kier alpha value is -3.10. The Balaban J connectivity index is 1.56. The lowest BCUT2D eigenvalue weighted by Gasteiger charge is -2.34. The Morgan fingerprint density at radius 2 is 1.62 bits per heavy atom. The maximum absolute atomic E-state index is 12.8. The predicted molar refractivity (Wildman–Crippen MR) is 138 cm³/mol. The molecule has 2 heterocycles. The van der Waals surface area contributed by atoms with Gasteiger partial charge in [-0.2, -0.15) is 13.5 Å². The molecule has 2 saturated heterocycles. The first-order valence-electron chi connectivity index (χ1n) is 12.5. The van der Waals surface area contributed by atoms with Gasteiger partial charge in [-0.15, -0.1) is 4.28 Å². The van der Waals surface area contributed by atoms with E-state index in [0.717, 1.165) is 5.06 Å². The van der Waals surface area contributed by atoms with Crippen molar-refractivity contribution >= 4 is 28.3 Å². The fourth-order valence-corrected chi connectivity index (χ4v) is 6.05. The van der Waals surface area contributed by atoms with E-state index in [0.29, 0.717) is 30.8 Å². The zero-order valence-electron chi connectivity index (χ0n) is 23.1. The van der Waals surface area contributed by atoms with Crippen molar-refractivity contribution in [3.8, 4) is 11.5 Å². The number of rotatable bonds is 13. The maximum atomic E-state index is 12.8. The summed E-state index contributed by atoms with van der Waals surface area (Å²) in [6, 6.07) is 2.87. The Labute approximate surface area is 228 Å². The number of hydrogen-bond acceptors (Lipinski definition) is 10. The van der Waals surface area contributed by atoms with Gasteiger partial charge in [0.1, 0.15) is 23.1 Å². The van der Waals surface area contributed by atoms with Gasteiger partial charge in [-0.05, 0) is 42.2 Å². The number of nitrogens with two attached hydrogens (primary N) is 1. The number of methoxy groups -OCH3 is 2. The van der Waals surface area contributed by atoms with Crippen molar-refractivity contribution in [2.24, 2.45) is 16.6 Å². The molecule has 1 aromatic carbocycles. The van der Waals surface area contributed by atoms with Gasteiger partial charge >= 0.3 is 22.4 Å². The fourth-order valence-electron chi connectivity index (χ4n) is 5.16. The molecule has 2 fully saturated rings. The standard InChI is InChI=1S/C25H37N3O10S/c1-24(2,14-36-22(30)20-18(34-5)8-7-9-19(20)35-6)13-25(3,4)15-37-39(32,33)38-28-16-10-11-17(21(26)29)27(12-16)23(28)31/h7-9,16-17H,10-15H2,1-6H3,(H2,26,29). The fraction of sp³-hybridized carbons (Fsp3) is 0.640. The lowest BCUT2D eigenvalue weighted by molar-refractivity contribution is -0.122. The largest absolute Gasteiger partial charge is 0.496 e. The highest BCUT2D eigenvalue weighted by atomic mass is 32.3. The normalized spacial score (nSPS) is 19.7. The molecule has 2 atom stereocenters. The number of fused-ring (bicyclic) bond motifs is 2. The van der Waals surface area contributed by atoms with E-state index in [1.54, 1.807) is 32.0 Å². The van der Waals surface area contributed by atoms with Gasteiger partial charge in [0.25, 0.3) is 0 Å². The van der Waals surface area contributed by atoms with Gasteiger partial charge in [0.2, 0.25) is 5.91 Å². The van der Waals surface area contributed by atoms with E-state index in [4.69, 9.17) is 28.4 Å². The molecular weight excluding hydrogens is 534 g/mol. The van der Waals surface area contributed by atoms with Gasteiger partial charge < -0.3 is 24.8 Å². The zero-order valence-corrected chi connectivity index (χ0v) is 23.9. The Morgan fingerprint density at radius 3 is 2.18 bits per heavy atom. The van der Waals surface area contributed by atoms with Crippen molar-refractivity contribution < 1.29 is 45.5 Å². The van der Waals surface area contributed by atoms with Crippen LogP contribution < -0.4 is 15.2 Å². The summed E-state index contributed by atoms with van der Waals surface area (Å²) in [5.41, 5.74) is 4.26. The second kappa shape index (κ2) is 11.6. The van der Waals surface area contributed by atoms with Crippen LogP contribution in [0.2, 0.25) is 0 Å². The summed E-state index contributed by atoms with van der Waals surface area (Å²) in [5.74, 6) is -0.631. The first-order valence-corrected chi connectivity index (χ1v) is 13.8. The van der Waals surface area contributed by atoms with Crippen LogP contribution >= 0.6 is 0 Å². The van der Waals surface area contributed by atoms with E-state index in [1.165, 1.54) is 19.1 Å². The van der Waals surface area contributed by atoms with E-state index >= 15 is 0 Å². The van der Waals surface area contributed by atoms with Gasteiger partial charge in [-0.25, -0.2) is 13.8 Å². The van der Waals surface area contributed by atoms with Crippen LogP contribution in [0.4, 0.5) is 4.79 Å².